The van der Waals surface area contributed by atoms with Crippen LogP contribution in [-0.2, 0) is 10.0 Å². The molecule has 5 heteroatoms. The van der Waals surface area contributed by atoms with E-state index in [2.05, 4.69) is 6.92 Å². The zero-order chi connectivity index (χ0) is 14.8. The van der Waals surface area contributed by atoms with Gasteiger partial charge in [0.25, 0.3) is 0 Å². The lowest BCUT2D eigenvalue weighted by atomic mass is 10.1. The van der Waals surface area contributed by atoms with E-state index in [0.29, 0.717) is 18.2 Å². The van der Waals surface area contributed by atoms with Gasteiger partial charge in [-0.2, -0.15) is 0 Å². The van der Waals surface area contributed by atoms with Gasteiger partial charge in [0.05, 0.1) is 5.69 Å². The first-order chi connectivity index (χ1) is 8.71. The average molecular weight is 284 g/mol. The largest absolute Gasteiger partial charge is 0.398 e. The summed E-state index contributed by atoms with van der Waals surface area (Å²) in [5.41, 5.74) is 7.86. The third-order valence-electron chi connectivity index (χ3n) is 3.64. The van der Waals surface area contributed by atoms with Crippen molar-refractivity contribution in [2.75, 3.05) is 19.3 Å². The van der Waals surface area contributed by atoms with Gasteiger partial charge in [-0.15, -0.1) is 0 Å². The van der Waals surface area contributed by atoms with Crippen molar-refractivity contribution in [2.45, 2.75) is 39.0 Å². The van der Waals surface area contributed by atoms with Gasteiger partial charge in [-0.25, -0.2) is 12.7 Å². The molecule has 1 rings (SSSR count). The first-order valence-corrected chi connectivity index (χ1v) is 7.97. The van der Waals surface area contributed by atoms with Crippen molar-refractivity contribution in [1.29, 1.82) is 0 Å². The predicted molar refractivity (Wildman–Crippen MR) is 79.6 cm³/mol. The van der Waals surface area contributed by atoms with Crippen LogP contribution in [0, 0.1) is 19.8 Å². The van der Waals surface area contributed by atoms with Crippen molar-refractivity contribution in [3.8, 4) is 0 Å². The van der Waals surface area contributed by atoms with Crippen LogP contribution in [0.4, 0.5) is 5.69 Å². The predicted octanol–water partition coefficient (Wildman–Crippen LogP) is 2.55. The molecule has 0 radical (unpaired) electrons. The number of rotatable bonds is 5. The standard InChI is InChI=1S/C14H24N2O2S/c1-6-10(2)9-16(5)19(17,18)14-12(4)11(3)7-8-13(14)15/h7-8,10H,6,9,15H2,1-5H3. The van der Waals surface area contributed by atoms with Crippen molar-refractivity contribution < 1.29 is 8.42 Å². The maximum absolute atomic E-state index is 12.6. The topological polar surface area (TPSA) is 63.4 Å². The fourth-order valence-corrected chi connectivity index (χ4v) is 3.65. The number of sulfonamides is 1. The van der Waals surface area contributed by atoms with Crippen LogP contribution < -0.4 is 5.73 Å². The lowest BCUT2D eigenvalue weighted by Crippen LogP contribution is -2.32. The Labute approximate surface area is 116 Å². The lowest BCUT2D eigenvalue weighted by molar-refractivity contribution is 0.393. The van der Waals surface area contributed by atoms with Crippen LogP contribution in [0.15, 0.2) is 17.0 Å². The summed E-state index contributed by atoms with van der Waals surface area (Å²) in [6.07, 6.45) is 0.947. The molecule has 0 aromatic heterocycles. The summed E-state index contributed by atoms with van der Waals surface area (Å²) in [7, 11) is -1.91. The fourth-order valence-electron chi connectivity index (χ4n) is 1.98. The number of hydrogen-bond donors (Lipinski definition) is 1. The molecule has 1 aromatic carbocycles. The number of nitrogens with zero attached hydrogens (tertiary/aromatic N) is 1. The summed E-state index contributed by atoms with van der Waals surface area (Å²) >= 11 is 0. The number of aryl methyl sites for hydroxylation is 1. The van der Waals surface area contributed by atoms with E-state index in [0.717, 1.165) is 17.5 Å². The Hall–Kier alpha value is -1.07. The minimum atomic E-state index is -3.52. The zero-order valence-corrected chi connectivity index (χ0v) is 13.2. The third kappa shape index (κ3) is 3.28. The molecule has 2 N–H and O–H groups in total. The van der Waals surface area contributed by atoms with E-state index in [4.69, 9.17) is 5.73 Å². The molecule has 0 aliphatic carbocycles. The van der Waals surface area contributed by atoms with E-state index in [1.165, 1.54) is 4.31 Å². The number of benzene rings is 1. The first kappa shape index (κ1) is 16.0. The van der Waals surface area contributed by atoms with Crippen molar-refractivity contribution in [3.05, 3.63) is 23.3 Å². The molecule has 0 saturated heterocycles. The van der Waals surface area contributed by atoms with Crippen LogP contribution >= 0.6 is 0 Å². The smallest absolute Gasteiger partial charge is 0.245 e. The molecule has 108 valence electrons. The number of nitrogens with two attached hydrogens (primary N) is 1. The molecule has 4 nitrogen and oxygen atoms in total. The molecule has 0 fully saturated rings. The van der Waals surface area contributed by atoms with Gasteiger partial charge in [-0.1, -0.05) is 26.3 Å². The van der Waals surface area contributed by atoms with Crippen molar-refractivity contribution in [1.82, 2.24) is 4.31 Å². The van der Waals surface area contributed by atoms with Crippen LogP contribution in [-0.4, -0.2) is 26.3 Å². The highest BCUT2D eigenvalue weighted by Gasteiger charge is 2.26. The monoisotopic (exact) mass is 284 g/mol. The summed E-state index contributed by atoms with van der Waals surface area (Å²) < 4.78 is 26.6. The number of nitrogen functional groups attached to an aromatic ring is 1. The Morgan fingerprint density at radius 1 is 1.32 bits per heavy atom. The Kier molecular flexibility index (Phi) is 4.98. The summed E-state index contributed by atoms with van der Waals surface area (Å²) in [4.78, 5) is 0.248. The maximum atomic E-state index is 12.6. The van der Waals surface area contributed by atoms with E-state index in [-0.39, 0.29) is 4.90 Å². The summed E-state index contributed by atoms with van der Waals surface area (Å²) in [5.74, 6) is 0.325. The Morgan fingerprint density at radius 2 is 1.89 bits per heavy atom. The van der Waals surface area contributed by atoms with Gasteiger partial charge in [0.15, 0.2) is 0 Å². The Balaban J connectivity index is 3.24. The molecule has 0 heterocycles. The highest BCUT2D eigenvalue weighted by Crippen LogP contribution is 2.28. The highest BCUT2D eigenvalue weighted by atomic mass is 32.2. The van der Waals surface area contributed by atoms with Crippen LogP contribution in [0.2, 0.25) is 0 Å². The van der Waals surface area contributed by atoms with Gasteiger partial charge >= 0.3 is 0 Å². The van der Waals surface area contributed by atoms with E-state index < -0.39 is 10.0 Å². The summed E-state index contributed by atoms with van der Waals surface area (Å²) in [6.45, 7) is 8.29. The second-order valence-corrected chi connectivity index (χ2v) is 7.21. The first-order valence-electron chi connectivity index (χ1n) is 6.53. The molecule has 1 aromatic rings. The second kappa shape index (κ2) is 5.92. The zero-order valence-electron chi connectivity index (χ0n) is 12.4. The lowest BCUT2D eigenvalue weighted by Gasteiger charge is -2.23. The highest BCUT2D eigenvalue weighted by molar-refractivity contribution is 7.89. The van der Waals surface area contributed by atoms with Gasteiger partial charge in [0.1, 0.15) is 4.90 Å². The molecular weight excluding hydrogens is 260 g/mol. The molecule has 0 aliphatic rings. The molecule has 1 atom stereocenters. The summed E-state index contributed by atoms with van der Waals surface area (Å²) in [5, 5.41) is 0. The van der Waals surface area contributed by atoms with Crippen molar-refractivity contribution in [3.63, 3.8) is 0 Å². The normalized spacial score (nSPS) is 13.8. The van der Waals surface area contributed by atoms with E-state index in [9.17, 15) is 8.42 Å². The fraction of sp³-hybridized carbons (Fsp3) is 0.571. The van der Waals surface area contributed by atoms with Gasteiger partial charge in [-0.3, -0.25) is 0 Å². The van der Waals surface area contributed by atoms with Gasteiger partial charge < -0.3 is 5.73 Å². The van der Waals surface area contributed by atoms with Crippen molar-refractivity contribution >= 4 is 15.7 Å². The number of anilines is 1. The molecule has 1 unspecified atom stereocenters. The van der Waals surface area contributed by atoms with Gasteiger partial charge in [0.2, 0.25) is 10.0 Å². The molecule has 0 amide bonds. The van der Waals surface area contributed by atoms with E-state index in [1.807, 2.05) is 19.9 Å². The Bertz CT molecular complexity index is 553. The van der Waals surface area contributed by atoms with Crippen LogP contribution in [0.3, 0.4) is 0 Å². The van der Waals surface area contributed by atoms with Crippen LogP contribution in [0.5, 0.6) is 0 Å². The molecule has 0 aliphatic heterocycles. The minimum Gasteiger partial charge on any atom is -0.398 e. The maximum Gasteiger partial charge on any atom is 0.245 e. The van der Waals surface area contributed by atoms with E-state index in [1.54, 1.807) is 20.0 Å². The quantitative estimate of drug-likeness (QED) is 0.845. The number of hydrogen-bond acceptors (Lipinski definition) is 3. The Morgan fingerprint density at radius 3 is 2.42 bits per heavy atom. The van der Waals surface area contributed by atoms with E-state index >= 15 is 0 Å². The van der Waals surface area contributed by atoms with Crippen LogP contribution in [0.1, 0.15) is 31.4 Å². The van der Waals surface area contributed by atoms with Gasteiger partial charge in [-0.05, 0) is 37.0 Å². The molecule has 0 saturated carbocycles. The van der Waals surface area contributed by atoms with Crippen LogP contribution in [0.25, 0.3) is 0 Å². The molecular formula is C14H24N2O2S. The molecule has 19 heavy (non-hydrogen) atoms. The summed E-state index contributed by atoms with van der Waals surface area (Å²) in [6, 6.07) is 3.50. The van der Waals surface area contributed by atoms with Gasteiger partial charge in [0, 0.05) is 13.6 Å². The molecule has 0 bridgehead atoms. The minimum absolute atomic E-state index is 0.248. The average Bonchev–Trinajstić information content (AvgIpc) is 2.33. The SMILES string of the molecule is CCC(C)CN(C)S(=O)(=O)c1c(N)ccc(C)c1C. The third-order valence-corrected chi connectivity index (χ3v) is 5.67. The molecule has 0 spiro atoms. The second-order valence-electron chi connectivity index (χ2n) is 5.22. The van der Waals surface area contributed by atoms with Crippen molar-refractivity contribution in [2.24, 2.45) is 5.92 Å².